The Hall–Kier alpha value is -1.51. The highest BCUT2D eigenvalue weighted by Crippen LogP contribution is 2.25. The molecular formula is C21H27Cl2IN4O. The molecule has 2 rings (SSSR count). The molecule has 8 heteroatoms. The van der Waals surface area contributed by atoms with E-state index in [0.717, 1.165) is 17.5 Å². The van der Waals surface area contributed by atoms with Gasteiger partial charge in [-0.1, -0.05) is 41.4 Å². The second-order valence-corrected chi connectivity index (χ2v) is 7.52. The molecule has 1 unspecified atom stereocenters. The molecule has 0 aliphatic heterocycles. The lowest BCUT2D eigenvalue weighted by Crippen LogP contribution is -2.39. The van der Waals surface area contributed by atoms with Gasteiger partial charge in [0.05, 0.1) is 6.04 Å². The molecular weight excluding hydrogens is 522 g/mol. The van der Waals surface area contributed by atoms with Gasteiger partial charge >= 0.3 is 0 Å². The van der Waals surface area contributed by atoms with E-state index in [1.54, 1.807) is 32.1 Å². The molecule has 0 spiro atoms. The summed E-state index contributed by atoms with van der Waals surface area (Å²) in [6, 6.07) is 13.1. The summed E-state index contributed by atoms with van der Waals surface area (Å²) in [5.74, 6) is 0.681. The zero-order valence-corrected chi connectivity index (χ0v) is 20.8. The SMILES string of the molecule is CN=C(NCCc1cccc(C(=O)N(C)C)c1)NC(C)c1ccc(Cl)cc1Cl.I. The van der Waals surface area contributed by atoms with E-state index in [1.165, 1.54) is 0 Å². The van der Waals surface area contributed by atoms with Gasteiger partial charge in [-0.3, -0.25) is 9.79 Å². The molecule has 0 fully saturated rings. The van der Waals surface area contributed by atoms with Crippen LogP contribution in [0, 0.1) is 0 Å². The van der Waals surface area contributed by atoms with Crippen LogP contribution in [0.15, 0.2) is 47.5 Å². The first-order valence-corrected chi connectivity index (χ1v) is 9.80. The van der Waals surface area contributed by atoms with E-state index in [1.807, 2.05) is 43.3 Å². The first-order chi connectivity index (χ1) is 13.3. The number of hydrogen-bond acceptors (Lipinski definition) is 2. The highest BCUT2D eigenvalue weighted by molar-refractivity contribution is 14.0. The average Bonchev–Trinajstić information content (AvgIpc) is 2.66. The standard InChI is InChI=1S/C21H26Cl2N4O.HI/c1-14(18-9-8-17(22)13-19(18)23)26-21(24-2)25-11-10-15-6-5-7-16(12-15)20(28)27(3)4;/h5-9,12-14H,10-11H2,1-4H3,(H2,24,25,26);1H. The number of benzene rings is 2. The van der Waals surface area contributed by atoms with Crippen LogP contribution in [0.25, 0.3) is 0 Å². The van der Waals surface area contributed by atoms with Crippen molar-refractivity contribution < 1.29 is 4.79 Å². The summed E-state index contributed by atoms with van der Waals surface area (Å²) in [6.07, 6.45) is 0.769. The lowest BCUT2D eigenvalue weighted by Gasteiger charge is -2.19. The van der Waals surface area contributed by atoms with Crippen LogP contribution in [0.5, 0.6) is 0 Å². The lowest BCUT2D eigenvalue weighted by molar-refractivity contribution is 0.0827. The number of hydrogen-bond donors (Lipinski definition) is 2. The smallest absolute Gasteiger partial charge is 0.253 e. The van der Waals surface area contributed by atoms with Crippen molar-refractivity contribution in [1.29, 1.82) is 0 Å². The maximum absolute atomic E-state index is 12.1. The number of halogens is 3. The Kier molecular flexibility index (Phi) is 10.8. The fraction of sp³-hybridized carbons (Fsp3) is 0.333. The molecule has 2 aromatic carbocycles. The van der Waals surface area contributed by atoms with Crippen molar-refractivity contribution in [1.82, 2.24) is 15.5 Å². The lowest BCUT2D eigenvalue weighted by atomic mass is 10.1. The molecule has 1 atom stereocenters. The quantitative estimate of drug-likeness (QED) is 0.310. The number of amides is 1. The van der Waals surface area contributed by atoms with Crippen LogP contribution in [0.3, 0.4) is 0 Å². The Morgan fingerprint density at radius 2 is 1.90 bits per heavy atom. The molecule has 0 saturated carbocycles. The maximum Gasteiger partial charge on any atom is 0.253 e. The number of nitrogens with zero attached hydrogens (tertiary/aromatic N) is 2. The summed E-state index contributed by atoms with van der Waals surface area (Å²) in [7, 11) is 5.22. The van der Waals surface area contributed by atoms with E-state index < -0.39 is 0 Å². The molecule has 0 bridgehead atoms. The van der Waals surface area contributed by atoms with E-state index in [0.29, 0.717) is 28.1 Å². The van der Waals surface area contributed by atoms with Crippen molar-refractivity contribution in [3.8, 4) is 0 Å². The van der Waals surface area contributed by atoms with Gasteiger partial charge in [0.1, 0.15) is 0 Å². The Bertz CT molecular complexity index is 858. The fourth-order valence-corrected chi connectivity index (χ4v) is 3.35. The van der Waals surface area contributed by atoms with Crippen molar-refractivity contribution in [3.63, 3.8) is 0 Å². The van der Waals surface area contributed by atoms with Gasteiger partial charge in [0.2, 0.25) is 0 Å². The van der Waals surface area contributed by atoms with Crippen LogP contribution >= 0.6 is 47.2 Å². The number of carbonyl (C=O) groups is 1. The third-order valence-electron chi connectivity index (χ3n) is 4.29. The van der Waals surface area contributed by atoms with Gasteiger partial charge in [0.15, 0.2) is 5.96 Å². The molecule has 2 aromatic rings. The van der Waals surface area contributed by atoms with Crippen LogP contribution in [0.4, 0.5) is 0 Å². The van der Waals surface area contributed by atoms with Crippen molar-refractivity contribution >= 4 is 59.0 Å². The van der Waals surface area contributed by atoms with Crippen molar-refractivity contribution in [2.45, 2.75) is 19.4 Å². The van der Waals surface area contributed by atoms with Gasteiger partial charge in [0, 0.05) is 43.3 Å². The summed E-state index contributed by atoms with van der Waals surface area (Å²) in [6.45, 7) is 2.69. The van der Waals surface area contributed by atoms with Crippen LogP contribution in [-0.4, -0.2) is 44.5 Å². The topological polar surface area (TPSA) is 56.7 Å². The molecule has 0 heterocycles. The second kappa shape index (κ2) is 12.2. The number of guanidine groups is 1. The van der Waals surface area contributed by atoms with Gasteiger partial charge in [0.25, 0.3) is 5.91 Å². The second-order valence-electron chi connectivity index (χ2n) is 6.68. The Labute approximate surface area is 199 Å². The summed E-state index contributed by atoms with van der Waals surface area (Å²) in [5, 5.41) is 7.85. The number of aliphatic imine (C=N–C) groups is 1. The molecule has 0 radical (unpaired) electrons. The molecule has 5 nitrogen and oxygen atoms in total. The minimum atomic E-state index is -0.0305. The zero-order valence-electron chi connectivity index (χ0n) is 17.0. The highest BCUT2D eigenvalue weighted by atomic mass is 127. The number of rotatable bonds is 6. The van der Waals surface area contributed by atoms with Crippen molar-refractivity contribution in [3.05, 3.63) is 69.2 Å². The third kappa shape index (κ3) is 7.68. The van der Waals surface area contributed by atoms with Crippen LogP contribution in [-0.2, 0) is 6.42 Å². The summed E-state index contributed by atoms with van der Waals surface area (Å²) < 4.78 is 0. The predicted octanol–water partition coefficient (Wildman–Crippen LogP) is 4.78. The van der Waals surface area contributed by atoms with E-state index >= 15 is 0 Å². The van der Waals surface area contributed by atoms with E-state index in [-0.39, 0.29) is 35.9 Å². The Morgan fingerprint density at radius 1 is 1.17 bits per heavy atom. The molecule has 2 N–H and O–H groups in total. The molecule has 0 aliphatic rings. The monoisotopic (exact) mass is 548 g/mol. The van der Waals surface area contributed by atoms with E-state index in [4.69, 9.17) is 23.2 Å². The van der Waals surface area contributed by atoms with Gasteiger partial charge in [-0.25, -0.2) is 0 Å². The van der Waals surface area contributed by atoms with Crippen molar-refractivity contribution in [2.24, 2.45) is 4.99 Å². The van der Waals surface area contributed by atoms with Gasteiger partial charge < -0.3 is 15.5 Å². The van der Waals surface area contributed by atoms with Gasteiger partial charge in [-0.05, 0) is 48.7 Å². The van der Waals surface area contributed by atoms with Crippen molar-refractivity contribution in [2.75, 3.05) is 27.7 Å². The number of carbonyl (C=O) groups excluding carboxylic acids is 1. The van der Waals surface area contributed by atoms with E-state index in [2.05, 4.69) is 15.6 Å². The largest absolute Gasteiger partial charge is 0.356 e. The van der Waals surface area contributed by atoms with Gasteiger partial charge in [-0.2, -0.15) is 0 Å². The molecule has 0 saturated heterocycles. The highest BCUT2D eigenvalue weighted by Gasteiger charge is 2.12. The van der Waals surface area contributed by atoms with E-state index in [9.17, 15) is 4.79 Å². The maximum atomic E-state index is 12.1. The molecule has 1 amide bonds. The van der Waals surface area contributed by atoms with Crippen LogP contribution in [0.1, 0.15) is 34.5 Å². The molecule has 0 aliphatic carbocycles. The minimum Gasteiger partial charge on any atom is -0.356 e. The fourth-order valence-electron chi connectivity index (χ4n) is 2.77. The first kappa shape index (κ1) is 25.5. The minimum absolute atomic E-state index is 0. The van der Waals surface area contributed by atoms with Crippen LogP contribution in [0.2, 0.25) is 10.0 Å². The summed E-state index contributed by atoms with van der Waals surface area (Å²) in [5.41, 5.74) is 2.73. The Morgan fingerprint density at radius 3 is 2.52 bits per heavy atom. The van der Waals surface area contributed by atoms with Gasteiger partial charge in [-0.15, -0.1) is 24.0 Å². The normalized spacial score (nSPS) is 12.0. The summed E-state index contributed by atoms with van der Waals surface area (Å²) >= 11 is 12.2. The molecule has 158 valence electrons. The van der Waals surface area contributed by atoms with Crippen LogP contribution < -0.4 is 10.6 Å². The third-order valence-corrected chi connectivity index (χ3v) is 4.85. The zero-order chi connectivity index (χ0) is 20.7. The average molecular weight is 549 g/mol. The molecule has 0 aromatic heterocycles. The first-order valence-electron chi connectivity index (χ1n) is 9.04. The summed E-state index contributed by atoms with van der Waals surface area (Å²) in [4.78, 5) is 17.9. The Balaban J connectivity index is 0.00000420. The predicted molar refractivity (Wildman–Crippen MR) is 133 cm³/mol. The number of nitrogens with one attached hydrogen (secondary N) is 2. The molecule has 29 heavy (non-hydrogen) atoms.